The summed E-state index contributed by atoms with van der Waals surface area (Å²) in [5.41, 5.74) is 0.894. The van der Waals surface area contributed by atoms with Gasteiger partial charge >= 0.3 is 0 Å². The average molecular weight is 326 g/mol. The molecule has 0 radical (unpaired) electrons. The minimum absolute atomic E-state index is 0.0243. The fourth-order valence-corrected chi connectivity index (χ4v) is 2.66. The van der Waals surface area contributed by atoms with Crippen molar-refractivity contribution in [2.45, 2.75) is 13.3 Å². The van der Waals surface area contributed by atoms with E-state index in [0.29, 0.717) is 24.4 Å². The van der Waals surface area contributed by atoms with Crippen LogP contribution >= 0.6 is 11.6 Å². The van der Waals surface area contributed by atoms with E-state index in [2.05, 4.69) is 9.97 Å². The third-order valence-electron chi connectivity index (χ3n) is 3.45. The smallest absolute Gasteiger partial charge is 0.223 e. The second-order valence-electron chi connectivity index (χ2n) is 4.98. The SMILES string of the molecule is CCCN1CCOc2c(F)cc(-c3nc(Cl)ncc3F)cc21. The van der Waals surface area contributed by atoms with Crippen LogP contribution in [0.4, 0.5) is 14.5 Å². The Morgan fingerprint density at radius 2 is 2.14 bits per heavy atom. The monoisotopic (exact) mass is 325 g/mol. The molecule has 0 bridgehead atoms. The summed E-state index contributed by atoms with van der Waals surface area (Å²) in [6, 6.07) is 2.88. The molecule has 116 valence electrons. The van der Waals surface area contributed by atoms with Crippen molar-refractivity contribution in [3.8, 4) is 17.0 Å². The summed E-state index contributed by atoms with van der Waals surface area (Å²) in [4.78, 5) is 9.45. The van der Waals surface area contributed by atoms with Gasteiger partial charge in [-0.3, -0.25) is 0 Å². The Labute approximate surface area is 131 Å². The highest BCUT2D eigenvalue weighted by atomic mass is 35.5. The predicted molar refractivity (Wildman–Crippen MR) is 80.4 cm³/mol. The van der Waals surface area contributed by atoms with Crippen molar-refractivity contribution in [1.82, 2.24) is 9.97 Å². The Morgan fingerprint density at radius 1 is 1.32 bits per heavy atom. The minimum atomic E-state index is -0.650. The zero-order valence-corrected chi connectivity index (χ0v) is 12.7. The molecule has 0 amide bonds. The van der Waals surface area contributed by atoms with Crippen molar-refractivity contribution in [2.75, 3.05) is 24.6 Å². The summed E-state index contributed by atoms with van der Waals surface area (Å²) in [6.45, 7) is 3.90. The Hall–Kier alpha value is -1.95. The molecule has 0 N–H and O–H groups in total. The van der Waals surface area contributed by atoms with E-state index in [9.17, 15) is 8.78 Å². The van der Waals surface area contributed by atoms with E-state index in [-0.39, 0.29) is 16.7 Å². The Morgan fingerprint density at radius 3 is 2.91 bits per heavy atom. The molecule has 22 heavy (non-hydrogen) atoms. The molecule has 3 rings (SSSR count). The molecular weight excluding hydrogens is 312 g/mol. The number of benzene rings is 1. The van der Waals surface area contributed by atoms with Crippen LogP contribution in [-0.4, -0.2) is 29.7 Å². The molecule has 0 spiro atoms. The molecule has 0 saturated carbocycles. The number of anilines is 1. The minimum Gasteiger partial charge on any atom is -0.486 e. The lowest BCUT2D eigenvalue weighted by Crippen LogP contribution is -2.33. The predicted octanol–water partition coefficient (Wildman–Crippen LogP) is 3.68. The molecule has 1 aromatic heterocycles. The lowest BCUT2D eigenvalue weighted by molar-refractivity contribution is 0.291. The van der Waals surface area contributed by atoms with Crippen LogP contribution in [0.15, 0.2) is 18.3 Å². The largest absolute Gasteiger partial charge is 0.486 e. The average Bonchev–Trinajstić information content (AvgIpc) is 2.50. The third kappa shape index (κ3) is 2.70. The van der Waals surface area contributed by atoms with Crippen molar-refractivity contribution in [3.63, 3.8) is 0 Å². The van der Waals surface area contributed by atoms with Gasteiger partial charge in [0.05, 0.1) is 18.4 Å². The summed E-state index contributed by atoms with van der Waals surface area (Å²) in [7, 11) is 0. The topological polar surface area (TPSA) is 38.2 Å². The summed E-state index contributed by atoms with van der Waals surface area (Å²) in [5, 5.41) is -0.0869. The number of nitrogens with zero attached hydrogens (tertiary/aromatic N) is 3. The zero-order valence-electron chi connectivity index (χ0n) is 11.9. The third-order valence-corrected chi connectivity index (χ3v) is 3.64. The Kier molecular flexibility index (Phi) is 4.11. The van der Waals surface area contributed by atoms with Gasteiger partial charge in [-0.1, -0.05) is 6.92 Å². The van der Waals surface area contributed by atoms with E-state index in [1.54, 1.807) is 6.07 Å². The fourth-order valence-electron chi connectivity index (χ4n) is 2.52. The van der Waals surface area contributed by atoms with Crippen molar-refractivity contribution < 1.29 is 13.5 Å². The first kappa shape index (κ1) is 15.0. The van der Waals surface area contributed by atoms with Crippen LogP contribution in [0.25, 0.3) is 11.3 Å². The second-order valence-corrected chi connectivity index (χ2v) is 5.32. The number of rotatable bonds is 3. The van der Waals surface area contributed by atoms with Crippen LogP contribution in [-0.2, 0) is 0 Å². The first-order valence-corrected chi connectivity index (χ1v) is 7.37. The van der Waals surface area contributed by atoms with Crippen LogP contribution in [0, 0.1) is 11.6 Å². The van der Waals surface area contributed by atoms with Crippen molar-refractivity contribution in [3.05, 3.63) is 35.2 Å². The van der Waals surface area contributed by atoms with E-state index >= 15 is 0 Å². The van der Waals surface area contributed by atoms with Gasteiger partial charge in [-0.25, -0.2) is 18.7 Å². The van der Waals surface area contributed by atoms with Gasteiger partial charge in [0, 0.05) is 12.1 Å². The van der Waals surface area contributed by atoms with Crippen molar-refractivity contribution in [1.29, 1.82) is 0 Å². The molecule has 0 fully saturated rings. The number of hydrogen-bond donors (Lipinski definition) is 0. The lowest BCUT2D eigenvalue weighted by Gasteiger charge is -2.31. The first-order valence-electron chi connectivity index (χ1n) is 7.00. The van der Waals surface area contributed by atoms with Crippen LogP contribution in [0.5, 0.6) is 5.75 Å². The molecule has 1 aliphatic heterocycles. The van der Waals surface area contributed by atoms with Gasteiger partial charge in [-0.2, -0.15) is 0 Å². The van der Waals surface area contributed by atoms with Gasteiger partial charge < -0.3 is 9.64 Å². The maximum Gasteiger partial charge on any atom is 0.223 e. The van der Waals surface area contributed by atoms with Gasteiger partial charge in [0.1, 0.15) is 12.3 Å². The lowest BCUT2D eigenvalue weighted by atomic mass is 10.1. The molecule has 1 aromatic carbocycles. The van der Waals surface area contributed by atoms with Gasteiger partial charge in [0.25, 0.3) is 0 Å². The highest BCUT2D eigenvalue weighted by Gasteiger charge is 2.23. The number of aromatic nitrogens is 2. The highest BCUT2D eigenvalue weighted by Crippen LogP contribution is 2.38. The summed E-state index contributed by atoms with van der Waals surface area (Å²) in [6.07, 6.45) is 1.89. The highest BCUT2D eigenvalue weighted by molar-refractivity contribution is 6.28. The van der Waals surface area contributed by atoms with Crippen LogP contribution < -0.4 is 9.64 Å². The van der Waals surface area contributed by atoms with Gasteiger partial charge in [-0.15, -0.1) is 0 Å². The van der Waals surface area contributed by atoms with E-state index < -0.39 is 11.6 Å². The fraction of sp³-hybridized carbons (Fsp3) is 0.333. The molecule has 2 heterocycles. The maximum absolute atomic E-state index is 14.3. The van der Waals surface area contributed by atoms with E-state index in [4.69, 9.17) is 16.3 Å². The molecule has 0 aliphatic carbocycles. The molecule has 1 aliphatic rings. The van der Waals surface area contributed by atoms with Crippen LogP contribution in [0.1, 0.15) is 13.3 Å². The summed E-state index contributed by atoms with van der Waals surface area (Å²) >= 11 is 5.71. The zero-order chi connectivity index (χ0) is 15.7. The molecule has 4 nitrogen and oxygen atoms in total. The quantitative estimate of drug-likeness (QED) is 0.807. The first-order chi connectivity index (χ1) is 10.6. The molecule has 0 unspecified atom stereocenters. The standard InChI is InChI=1S/C15H14ClF2N3O/c1-2-3-21-4-5-22-14-10(17)6-9(7-12(14)21)13-11(18)8-19-15(16)20-13/h6-8H,2-5H2,1H3. The molecular formula is C15H14ClF2N3O. The second kappa shape index (κ2) is 6.04. The Bertz CT molecular complexity index is 711. The molecule has 7 heteroatoms. The van der Waals surface area contributed by atoms with Crippen LogP contribution in [0.2, 0.25) is 5.28 Å². The summed E-state index contributed by atoms with van der Waals surface area (Å²) < 4.78 is 33.6. The number of ether oxygens (including phenoxy) is 1. The normalized spacial score (nSPS) is 13.7. The van der Waals surface area contributed by atoms with E-state index in [1.807, 2.05) is 11.8 Å². The maximum atomic E-state index is 14.3. The number of hydrogen-bond acceptors (Lipinski definition) is 4. The van der Waals surface area contributed by atoms with Gasteiger partial charge in [0.15, 0.2) is 17.4 Å². The molecule has 0 atom stereocenters. The number of fused-ring (bicyclic) bond motifs is 1. The Balaban J connectivity index is 2.13. The molecule has 0 saturated heterocycles. The van der Waals surface area contributed by atoms with Crippen molar-refractivity contribution in [2.24, 2.45) is 0 Å². The number of halogens is 3. The summed E-state index contributed by atoms with van der Waals surface area (Å²) in [5.74, 6) is -0.992. The van der Waals surface area contributed by atoms with E-state index in [1.165, 1.54) is 6.07 Å². The van der Waals surface area contributed by atoms with E-state index in [0.717, 1.165) is 19.2 Å². The van der Waals surface area contributed by atoms with Gasteiger partial charge in [-0.05, 0) is 30.2 Å². The van der Waals surface area contributed by atoms with Gasteiger partial charge in [0.2, 0.25) is 5.28 Å². The van der Waals surface area contributed by atoms with Crippen LogP contribution in [0.3, 0.4) is 0 Å². The molecule has 2 aromatic rings. The van der Waals surface area contributed by atoms with Crippen molar-refractivity contribution >= 4 is 17.3 Å².